The summed E-state index contributed by atoms with van der Waals surface area (Å²) in [6.45, 7) is 0. The highest BCUT2D eigenvalue weighted by atomic mass is 35.5. The topological polar surface area (TPSA) is 94.8 Å². The molecule has 1 aromatic carbocycles. The normalized spacial score (nSPS) is 13.4. The van der Waals surface area contributed by atoms with Crippen molar-refractivity contribution in [3.05, 3.63) is 28.2 Å². The fourth-order valence-corrected chi connectivity index (χ4v) is 4.55. The highest BCUT2D eigenvalue weighted by Gasteiger charge is 2.38. The number of hydrogen-bond acceptors (Lipinski definition) is 5. The summed E-state index contributed by atoms with van der Waals surface area (Å²) in [4.78, 5) is 22.6. The lowest BCUT2D eigenvalue weighted by Gasteiger charge is -2.20. The largest absolute Gasteiger partial charge is 0.481 e. The van der Waals surface area contributed by atoms with E-state index in [2.05, 4.69) is 0 Å². The molecule has 0 fully saturated rings. The van der Waals surface area contributed by atoms with Crippen molar-refractivity contribution in [2.75, 3.05) is 17.3 Å². The van der Waals surface area contributed by atoms with Gasteiger partial charge in [0.2, 0.25) is 0 Å². The van der Waals surface area contributed by atoms with Gasteiger partial charge in [-0.15, -0.1) is 11.8 Å². The first-order valence-electron chi connectivity index (χ1n) is 7.58. The van der Waals surface area contributed by atoms with Crippen molar-refractivity contribution in [3.63, 3.8) is 0 Å². The van der Waals surface area contributed by atoms with Gasteiger partial charge in [0.1, 0.15) is 0 Å². The fraction of sp³-hybridized carbons (Fsp3) is 0.500. The van der Waals surface area contributed by atoms with Crippen LogP contribution in [0, 0.1) is 0 Å². The molecule has 1 unspecified atom stereocenters. The van der Waals surface area contributed by atoms with E-state index in [-0.39, 0.29) is 5.75 Å². The molecule has 9 heteroatoms. The molecule has 0 bridgehead atoms. The molecule has 0 radical (unpaired) electrons. The van der Waals surface area contributed by atoms with Crippen molar-refractivity contribution in [3.8, 4) is 0 Å². The lowest BCUT2D eigenvalue weighted by atomic mass is 10.0. The molecule has 25 heavy (non-hydrogen) atoms. The van der Waals surface area contributed by atoms with E-state index < -0.39 is 24.0 Å². The number of benzene rings is 1. The van der Waals surface area contributed by atoms with Gasteiger partial charge in [0, 0.05) is 15.7 Å². The Labute approximate surface area is 165 Å². The molecule has 1 aromatic rings. The molecule has 0 saturated heterocycles. The standard InChI is InChI=1S/C16H20Cl2O5S2/c17-11-4-5-13(12(18)8-11)25-7-3-1-2-6-24-10-16(23,15(21)22)9-14(19)20/h4-5,8,23H,1-3,6-7,9-10H2,(H,19,20)(H,21,22). The summed E-state index contributed by atoms with van der Waals surface area (Å²) >= 11 is 14.8. The van der Waals surface area contributed by atoms with E-state index in [9.17, 15) is 14.7 Å². The van der Waals surface area contributed by atoms with Crippen molar-refractivity contribution in [1.29, 1.82) is 0 Å². The molecule has 0 saturated carbocycles. The first kappa shape index (κ1) is 22.4. The van der Waals surface area contributed by atoms with Gasteiger partial charge in [-0.3, -0.25) is 4.79 Å². The minimum atomic E-state index is -2.21. The summed E-state index contributed by atoms with van der Waals surface area (Å²) in [6, 6.07) is 5.40. The van der Waals surface area contributed by atoms with Gasteiger partial charge in [-0.25, -0.2) is 4.79 Å². The summed E-state index contributed by atoms with van der Waals surface area (Å²) in [7, 11) is 0. The lowest BCUT2D eigenvalue weighted by Crippen LogP contribution is -2.43. The Kier molecular flexibility index (Phi) is 10.0. The third-order valence-electron chi connectivity index (χ3n) is 3.27. The molecule has 1 atom stereocenters. The first-order chi connectivity index (χ1) is 11.7. The third kappa shape index (κ3) is 8.55. The van der Waals surface area contributed by atoms with E-state index in [1.54, 1.807) is 23.9 Å². The molecule has 1 rings (SSSR count). The third-order valence-corrected chi connectivity index (χ3v) is 6.35. The number of halogens is 2. The molecule has 5 nitrogen and oxygen atoms in total. The number of carbonyl (C=O) groups is 2. The smallest absolute Gasteiger partial charge is 0.337 e. The Hall–Kier alpha value is -0.600. The molecule has 0 amide bonds. The van der Waals surface area contributed by atoms with Crippen molar-refractivity contribution in [2.24, 2.45) is 0 Å². The van der Waals surface area contributed by atoms with E-state index in [0.29, 0.717) is 15.8 Å². The van der Waals surface area contributed by atoms with Gasteiger partial charge in [-0.05, 0) is 42.5 Å². The Morgan fingerprint density at radius 1 is 1.08 bits per heavy atom. The predicted octanol–water partition coefficient (Wildman–Crippen LogP) is 4.28. The van der Waals surface area contributed by atoms with E-state index in [1.807, 2.05) is 6.07 Å². The van der Waals surface area contributed by atoms with Crippen molar-refractivity contribution in [2.45, 2.75) is 36.2 Å². The van der Waals surface area contributed by atoms with Crippen molar-refractivity contribution < 1.29 is 24.9 Å². The highest BCUT2D eigenvalue weighted by molar-refractivity contribution is 7.99. The van der Waals surface area contributed by atoms with Crippen LogP contribution in [0.4, 0.5) is 0 Å². The molecule has 0 aliphatic carbocycles. The van der Waals surface area contributed by atoms with Crippen LogP contribution in [0.2, 0.25) is 10.0 Å². The molecule has 0 aromatic heterocycles. The molecule has 0 aliphatic rings. The summed E-state index contributed by atoms with van der Waals surface area (Å²) in [5.74, 6) is -1.39. The minimum absolute atomic E-state index is 0.135. The Bertz CT molecular complexity index is 600. The predicted molar refractivity (Wildman–Crippen MR) is 103 cm³/mol. The van der Waals surface area contributed by atoms with E-state index in [1.165, 1.54) is 11.8 Å². The van der Waals surface area contributed by atoms with E-state index in [4.69, 9.17) is 33.4 Å². The Morgan fingerprint density at radius 2 is 1.76 bits per heavy atom. The average molecular weight is 427 g/mol. The SMILES string of the molecule is O=C(O)CC(O)(CSCCCCCSc1ccc(Cl)cc1Cl)C(=O)O. The summed E-state index contributed by atoms with van der Waals surface area (Å²) < 4.78 is 0. The summed E-state index contributed by atoms with van der Waals surface area (Å²) in [6.07, 6.45) is 1.99. The van der Waals surface area contributed by atoms with Crippen LogP contribution in [0.1, 0.15) is 25.7 Å². The Morgan fingerprint density at radius 3 is 2.36 bits per heavy atom. The maximum atomic E-state index is 11.0. The maximum Gasteiger partial charge on any atom is 0.337 e. The number of aliphatic carboxylic acids is 2. The zero-order chi connectivity index (χ0) is 18.9. The van der Waals surface area contributed by atoms with Crippen LogP contribution in [0.25, 0.3) is 0 Å². The maximum absolute atomic E-state index is 11.0. The van der Waals surface area contributed by atoms with Gasteiger partial charge in [0.05, 0.1) is 11.4 Å². The van der Waals surface area contributed by atoms with Crippen molar-refractivity contribution in [1.82, 2.24) is 0 Å². The zero-order valence-corrected chi connectivity index (χ0v) is 16.6. The summed E-state index contributed by atoms with van der Waals surface area (Å²) in [5, 5.41) is 28.7. The highest BCUT2D eigenvalue weighted by Crippen LogP contribution is 2.30. The van der Waals surface area contributed by atoms with Gasteiger partial charge >= 0.3 is 11.9 Å². The molecule has 0 heterocycles. The van der Waals surface area contributed by atoms with Gasteiger partial charge in [0.15, 0.2) is 5.60 Å². The minimum Gasteiger partial charge on any atom is -0.481 e. The second-order valence-corrected chi connectivity index (χ2v) is 8.53. The molecule has 0 spiro atoms. The fourth-order valence-electron chi connectivity index (χ4n) is 1.94. The molecular weight excluding hydrogens is 407 g/mol. The van der Waals surface area contributed by atoms with Gasteiger partial charge in [-0.2, -0.15) is 11.8 Å². The van der Waals surface area contributed by atoms with Crippen molar-refractivity contribution >= 4 is 58.7 Å². The number of unbranched alkanes of at least 4 members (excludes halogenated alkanes) is 2. The van der Waals surface area contributed by atoms with Crippen LogP contribution in [0.5, 0.6) is 0 Å². The number of thioether (sulfide) groups is 2. The van der Waals surface area contributed by atoms with Crippen LogP contribution in [0.3, 0.4) is 0 Å². The number of carboxylic acid groups (broad SMARTS) is 2. The molecule has 140 valence electrons. The first-order valence-corrected chi connectivity index (χ1v) is 10.5. The van der Waals surface area contributed by atoms with Crippen LogP contribution in [-0.4, -0.2) is 50.1 Å². The quantitative estimate of drug-likeness (QED) is 0.339. The molecule has 0 aliphatic heterocycles. The zero-order valence-electron chi connectivity index (χ0n) is 13.4. The summed E-state index contributed by atoms with van der Waals surface area (Å²) in [5.41, 5.74) is -2.21. The number of rotatable bonds is 12. The second kappa shape index (κ2) is 11.2. The van der Waals surface area contributed by atoms with E-state index >= 15 is 0 Å². The number of aliphatic hydroxyl groups is 1. The number of hydrogen-bond donors (Lipinski definition) is 3. The van der Waals surface area contributed by atoms with Gasteiger partial charge < -0.3 is 15.3 Å². The van der Waals surface area contributed by atoms with E-state index in [0.717, 1.165) is 29.9 Å². The molecule has 3 N–H and O–H groups in total. The monoisotopic (exact) mass is 426 g/mol. The van der Waals surface area contributed by atoms with Crippen LogP contribution in [0.15, 0.2) is 23.1 Å². The average Bonchev–Trinajstić information content (AvgIpc) is 2.50. The van der Waals surface area contributed by atoms with Gasteiger partial charge in [-0.1, -0.05) is 29.6 Å². The lowest BCUT2D eigenvalue weighted by molar-refractivity contribution is -0.162. The molecular formula is C16H20Cl2O5S2. The Balaban J connectivity index is 2.17. The van der Waals surface area contributed by atoms with Crippen LogP contribution in [-0.2, 0) is 9.59 Å². The van der Waals surface area contributed by atoms with Crippen LogP contribution >= 0.6 is 46.7 Å². The van der Waals surface area contributed by atoms with Crippen LogP contribution < -0.4 is 0 Å². The number of carboxylic acids is 2. The van der Waals surface area contributed by atoms with Gasteiger partial charge in [0.25, 0.3) is 0 Å². The second-order valence-electron chi connectivity index (χ2n) is 5.44.